The van der Waals surface area contributed by atoms with Crippen LogP contribution in [-0.4, -0.2) is 26.3 Å². The number of carbonyl (C=O) groups excluding carboxylic acids is 1. The van der Waals surface area contributed by atoms with Gasteiger partial charge in [-0.05, 0) is 66.8 Å². The highest BCUT2D eigenvalue weighted by atomic mass is 35.5. The molecule has 2 heterocycles. The molecule has 0 fully saturated rings. The van der Waals surface area contributed by atoms with Gasteiger partial charge in [0.1, 0.15) is 17.1 Å². The van der Waals surface area contributed by atoms with E-state index in [0.717, 1.165) is 6.08 Å². The number of fused-ring (bicyclic) bond motifs is 1. The number of para-hydroxylation sites is 1. The Labute approximate surface area is 224 Å². The first-order valence-corrected chi connectivity index (χ1v) is 11.8. The number of ketones is 1. The maximum absolute atomic E-state index is 13.1. The first kappa shape index (κ1) is 24.5. The van der Waals surface area contributed by atoms with E-state index < -0.39 is 23.1 Å². The molecule has 184 valence electrons. The third kappa shape index (κ3) is 4.67. The molecule has 0 aliphatic carbocycles. The van der Waals surface area contributed by atoms with Gasteiger partial charge >= 0.3 is 0 Å². The van der Waals surface area contributed by atoms with E-state index in [9.17, 15) is 14.7 Å². The van der Waals surface area contributed by atoms with Crippen molar-refractivity contribution in [3.63, 3.8) is 0 Å². The fraction of sp³-hybridized carbons (Fsp3) is 0. The first-order chi connectivity index (χ1) is 17.7. The van der Waals surface area contributed by atoms with Crippen LogP contribution < -0.4 is 15.0 Å². The van der Waals surface area contributed by atoms with E-state index in [-0.39, 0.29) is 37.3 Å². The number of benzene rings is 3. The number of carbonyl (C=O) groups is 1. The van der Waals surface area contributed by atoms with Crippen molar-refractivity contribution in [2.75, 3.05) is 0 Å². The summed E-state index contributed by atoms with van der Waals surface area (Å²) in [5.74, 6) is -0.540. The van der Waals surface area contributed by atoms with Crippen molar-refractivity contribution in [1.82, 2.24) is 9.55 Å². The average Bonchev–Trinajstić information content (AvgIpc) is 2.86. The number of aromatic hydroxyl groups is 1. The summed E-state index contributed by atoms with van der Waals surface area (Å²) in [6, 6.07) is 18.5. The number of aromatic amines is 1. The SMILES string of the molecule is N=C1Oc2c(Cl)cc(Cl)cc2C(=O)C1=Cc1c(O)n(-c2ccc(Oc3ccccc3)cc2)c(=S)[nH]c1=O. The molecule has 1 aromatic heterocycles. The van der Waals surface area contributed by atoms with Crippen LogP contribution in [0.5, 0.6) is 23.1 Å². The molecule has 0 spiro atoms. The van der Waals surface area contributed by atoms with Gasteiger partial charge in [0.25, 0.3) is 5.56 Å². The summed E-state index contributed by atoms with van der Waals surface area (Å²) in [7, 11) is 0. The first-order valence-electron chi connectivity index (χ1n) is 10.7. The second-order valence-electron chi connectivity index (χ2n) is 7.82. The summed E-state index contributed by atoms with van der Waals surface area (Å²) in [6.45, 7) is 0. The second kappa shape index (κ2) is 9.70. The lowest BCUT2D eigenvalue weighted by atomic mass is 9.98. The fourth-order valence-electron chi connectivity index (χ4n) is 3.71. The minimum Gasteiger partial charge on any atom is -0.494 e. The Hall–Kier alpha value is -4.18. The van der Waals surface area contributed by atoms with Crippen molar-refractivity contribution in [2.24, 2.45) is 0 Å². The van der Waals surface area contributed by atoms with Gasteiger partial charge in [0.05, 0.1) is 21.8 Å². The Balaban J connectivity index is 1.55. The van der Waals surface area contributed by atoms with Gasteiger partial charge < -0.3 is 14.6 Å². The molecular weight excluding hydrogens is 537 g/mol. The predicted octanol–water partition coefficient (Wildman–Crippen LogP) is 6.34. The van der Waals surface area contributed by atoms with Crippen molar-refractivity contribution in [2.45, 2.75) is 0 Å². The van der Waals surface area contributed by atoms with E-state index in [0.29, 0.717) is 17.2 Å². The van der Waals surface area contributed by atoms with Gasteiger partial charge in [0.15, 0.2) is 10.5 Å². The Morgan fingerprint density at radius 3 is 2.41 bits per heavy atom. The van der Waals surface area contributed by atoms with Crippen LogP contribution in [0.3, 0.4) is 0 Å². The highest BCUT2D eigenvalue weighted by Crippen LogP contribution is 2.38. The second-order valence-corrected chi connectivity index (χ2v) is 9.05. The summed E-state index contributed by atoms with van der Waals surface area (Å²) < 4.78 is 12.3. The third-order valence-corrected chi connectivity index (χ3v) is 6.21. The molecule has 11 heteroatoms. The van der Waals surface area contributed by atoms with Gasteiger partial charge in [-0.25, -0.2) is 0 Å². The Bertz CT molecular complexity index is 1730. The predicted molar refractivity (Wildman–Crippen MR) is 143 cm³/mol. The zero-order chi connectivity index (χ0) is 26.3. The van der Waals surface area contributed by atoms with Crippen LogP contribution in [0.15, 0.2) is 77.1 Å². The minimum atomic E-state index is -0.759. The average molecular weight is 552 g/mol. The normalized spacial score (nSPS) is 13.8. The van der Waals surface area contributed by atoms with Crippen molar-refractivity contribution >= 4 is 53.2 Å². The topological polar surface area (TPSA) is 117 Å². The summed E-state index contributed by atoms with van der Waals surface area (Å²) in [6.07, 6.45) is 1.06. The molecule has 8 nitrogen and oxygen atoms in total. The van der Waals surface area contributed by atoms with Crippen molar-refractivity contribution in [1.29, 1.82) is 5.41 Å². The number of hydrogen-bond donors (Lipinski definition) is 3. The largest absolute Gasteiger partial charge is 0.494 e. The molecule has 0 atom stereocenters. The number of H-pyrrole nitrogens is 1. The highest BCUT2D eigenvalue weighted by Gasteiger charge is 2.31. The van der Waals surface area contributed by atoms with Crippen LogP contribution in [-0.2, 0) is 0 Å². The molecule has 0 bridgehead atoms. The number of hydrogen-bond acceptors (Lipinski definition) is 7. The van der Waals surface area contributed by atoms with Gasteiger partial charge in [-0.1, -0.05) is 41.4 Å². The molecule has 4 aromatic rings. The maximum atomic E-state index is 13.1. The Morgan fingerprint density at radius 2 is 1.70 bits per heavy atom. The molecule has 0 saturated carbocycles. The number of aromatic nitrogens is 2. The number of nitrogens with one attached hydrogen (secondary N) is 2. The summed E-state index contributed by atoms with van der Waals surface area (Å²) in [5, 5.41) is 19.5. The van der Waals surface area contributed by atoms with Gasteiger partial charge in [-0.15, -0.1) is 0 Å². The lowest BCUT2D eigenvalue weighted by molar-refractivity contribution is 0.103. The fourth-order valence-corrected chi connectivity index (χ4v) is 4.53. The molecule has 0 radical (unpaired) electrons. The number of ether oxygens (including phenoxy) is 2. The molecule has 0 unspecified atom stereocenters. The zero-order valence-corrected chi connectivity index (χ0v) is 20.9. The van der Waals surface area contributed by atoms with Crippen molar-refractivity contribution in [3.05, 3.63) is 109 Å². The van der Waals surface area contributed by atoms with Crippen LogP contribution in [0, 0.1) is 10.2 Å². The summed E-state index contributed by atoms with van der Waals surface area (Å²) in [4.78, 5) is 28.3. The van der Waals surface area contributed by atoms with Crippen LogP contribution in [0.2, 0.25) is 10.0 Å². The van der Waals surface area contributed by atoms with E-state index in [2.05, 4.69) is 4.98 Å². The number of rotatable bonds is 4. The smallest absolute Gasteiger partial charge is 0.262 e. The van der Waals surface area contributed by atoms with E-state index in [1.54, 1.807) is 24.3 Å². The summed E-state index contributed by atoms with van der Waals surface area (Å²) >= 11 is 17.4. The zero-order valence-electron chi connectivity index (χ0n) is 18.6. The monoisotopic (exact) mass is 551 g/mol. The lowest BCUT2D eigenvalue weighted by Gasteiger charge is -2.20. The summed E-state index contributed by atoms with van der Waals surface area (Å²) in [5.41, 5.74) is -0.888. The van der Waals surface area contributed by atoms with Crippen LogP contribution in [0.4, 0.5) is 0 Å². The molecule has 1 aliphatic heterocycles. The van der Waals surface area contributed by atoms with Crippen molar-refractivity contribution in [3.8, 4) is 28.8 Å². The van der Waals surface area contributed by atoms with E-state index in [1.165, 1.54) is 16.7 Å². The van der Waals surface area contributed by atoms with Gasteiger partial charge in [-0.2, -0.15) is 0 Å². The molecule has 37 heavy (non-hydrogen) atoms. The molecule has 0 saturated heterocycles. The molecule has 3 aromatic carbocycles. The van der Waals surface area contributed by atoms with E-state index in [1.807, 2.05) is 30.3 Å². The van der Waals surface area contributed by atoms with Gasteiger partial charge in [0, 0.05) is 5.02 Å². The number of Topliss-reactive ketones (excluding diaryl/α,β-unsaturated/α-hetero) is 1. The quantitative estimate of drug-likeness (QED) is 0.201. The van der Waals surface area contributed by atoms with Crippen LogP contribution >= 0.6 is 35.4 Å². The number of halogens is 2. The Morgan fingerprint density at radius 1 is 1.03 bits per heavy atom. The van der Waals surface area contributed by atoms with Gasteiger partial charge in [0.2, 0.25) is 17.6 Å². The third-order valence-electron chi connectivity index (χ3n) is 5.43. The number of nitrogens with zero attached hydrogens (tertiary/aromatic N) is 1. The van der Waals surface area contributed by atoms with Crippen LogP contribution in [0.25, 0.3) is 11.8 Å². The minimum absolute atomic E-state index is 0.00914. The van der Waals surface area contributed by atoms with Crippen molar-refractivity contribution < 1.29 is 19.4 Å². The van der Waals surface area contributed by atoms with E-state index in [4.69, 9.17) is 50.3 Å². The molecule has 3 N–H and O–H groups in total. The van der Waals surface area contributed by atoms with Gasteiger partial charge in [-0.3, -0.25) is 24.5 Å². The Kier molecular flexibility index (Phi) is 6.43. The van der Waals surface area contributed by atoms with Crippen LogP contribution in [0.1, 0.15) is 15.9 Å². The molecular formula is C26H15Cl2N3O5S. The molecule has 5 rings (SSSR count). The molecule has 1 aliphatic rings. The highest BCUT2D eigenvalue weighted by molar-refractivity contribution is 7.71. The maximum Gasteiger partial charge on any atom is 0.262 e. The molecule has 0 amide bonds. The standard InChI is InChI=1S/C26H15Cl2N3O5S/c27-13-10-17-21(32)18(23(29)36-22(17)20(28)11-13)12-19-24(33)30-26(37)31(25(19)34)14-6-8-16(9-7-14)35-15-4-2-1-3-5-15/h1-12,29,34H,(H,30,33,37). The van der Waals surface area contributed by atoms with E-state index >= 15 is 0 Å². The lowest BCUT2D eigenvalue weighted by Crippen LogP contribution is -2.26.